The first-order chi connectivity index (χ1) is 5.22. The molecular formula is C9H11ClFN. The summed E-state index contributed by atoms with van der Waals surface area (Å²) in [5.41, 5.74) is 6.15. The Morgan fingerprint density at radius 3 is 2.33 bits per heavy atom. The average molecular weight is 188 g/mol. The second-order valence-electron chi connectivity index (χ2n) is 3.14. The molecule has 12 heavy (non-hydrogen) atoms. The van der Waals surface area contributed by atoms with E-state index in [2.05, 4.69) is 0 Å². The molecule has 0 amide bonds. The van der Waals surface area contributed by atoms with Crippen LogP contribution in [0.25, 0.3) is 0 Å². The first-order valence-corrected chi connectivity index (χ1v) is 3.76. The molecule has 1 fully saturated rings. The molecule has 1 saturated carbocycles. The third kappa shape index (κ3) is 1.45. The molecule has 0 radical (unpaired) electrons. The average Bonchev–Trinajstić information content (AvgIpc) is 2.70. The molecule has 0 unspecified atom stereocenters. The largest absolute Gasteiger partial charge is 0.321 e. The zero-order chi connectivity index (χ0) is 7.90. The summed E-state index contributed by atoms with van der Waals surface area (Å²) in [5, 5.41) is 0. The van der Waals surface area contributed by atoms with Gasteiger partial charge in [0.15, 0.2) is 0 Å². The second-order valence-corrected chi connectivity index (χ2v) is 3.14. The van der Waals surface area contributed by atoms with E-state index in [-0.39, 0.29) is 23.8 Å². The van der Waals surface area contributed by atoms with Crippen LogP contribution in [0.15, 0.2) is 24.3 Å². The number of hydrogen-bond donors (Lipinski definition) is 1. The van der Waals surface area contributed by atoms with E-state index in [4.69, 9.17) is 5.73 Å². The lowest BCUT2D eigenvalue weighted by molar-refractivity contribution is 0.578. The molecule has 2 N–H and O–H groups in total. The molecule has 66 valence electrons. The van der Waals surface area contributed by atoms with Crippen molar-refractivity contribution in [3.05, 3.63) is 35.6 Å². The monoisotopic (exact) mass is 187 g/mol. The smallest absolute Gasteiger partial charge is 0.128 e. The van der Waals surface area contributed by atoms with E-state index in [9.17, 15) is 4.39 Å². The lowest BCUT2D eigenvalue weighted by Crippen LogP contribution is -2.20. The Kier molecular flexibility index (Phi) is 2.40. The Morgan fingerprint density at radius 1 is 1.25 bits per heavy atom. The van der Waals surface area contributed by atoms with Crippen molar-refractivity contribution in [2.24, 2.45) is 5.73 Å². The van der Waals surface area contributed by atoms with Crippen LogP contribution in [0, 0.1) is 5.82 Å². The maximum absolute atomic E-state index is 13.0. The van der Waals surface area contributed by atoms with Crippen LogP contribution in [-0.4, -0.2) is 0 Å². The van der Waals surface area contributed by atoms with E-state index in [1.165, 1.54) is 6.07 Å². The lowest BCUT2D eigenvalue weighted by Gasteiger charge is -2.08. The van der Waals surface area contributed by atoms with Crippen molar-refractivity contribution in [1.29, 1.82) is 0 Å². The molecule has 0 heterocycles. The van der Waals surface area contributed by atoms with Crippen molar-refractivity contribution in [2.75, 3.05) is 0 Å². The van der Waals surface area contributed by atoms with Crippen LogP contribution in [-0.2, 0) is 5.54 Å². The topological polar surface area (TPSA) is 26.0 Å². The number of rotatable bonds is 1. The maximum atomic E-state index is 13.0. The van der Waals surface area contributed by atoms with E-state index < -0.39 is 0 Å². The van der Waals surface area contributed by atoms with Crippen LogP contribution in [0.3, 0.4) is 0 Å². The minimum absolute atomic E-state index is 0. The van der Waals surface area contributed by atoms with Gasteiger partial charge in [0.05, 0.1) is 0 Å². The number of hydrogen-bond acceptors (Lipinski definition) is 1. The van der Waals surface area contributed by atoms with Crippen molar-refractivity contribution >= 4 is 12.4 Å². The summed E-state index contributed by atoms with van der Waals surface area (Å²) in [6, 6.07) is 6.74. The Morgan fingerprint density at radius 2 is 1.83 bits per heavy atom. The van der Waals surface area contributed by atoms with Crippen LogP contribution in [0.2, 0.25) is 0 Å². The molecule has 1 nitrogen and oxygen atoms in total. The molecule has 3 heteroatoms. The summed E-state index contributed by atoms with van der Waals surface area (Å²) in [7, 11) is 0. The molecule has 0 atom stereocenters. The van der Waals surface area contributed by atoms with E-state index in [1.54, 1.807) is 12.1 Å². The van der Waals surface area contributed by atoms with Crippen molar-refractivity contribution in [3.8, 4) is 0 Å². The van der Waals surface area contributed by atoms with Crippen LogP contribution >= 0.6 is 12.4 Å². The molecular weight excluding hydrogens is 177 g/mol. The van der Waals surface area contributed by atoms with Gasteiger partial charge >= 0.3 is 0 Å². The highest BCUT2D eigenvalue weighted by Gasteiger charge is 2.41. The molecule has 0 saturated heterocycles. The van der Waals surface area contributed by atoms with Gasteiger partial charge in [0.1, 0.15) is 5.82 Å². The standard InChI is InChI=1S/C9H10FN.ClH/c10-8-4-2-1-3-7(8)9(11)5-6-9;/h1-4H,5-6,11H2;1H. The van der Waals surface area contributed by atoms with E-state index in [0.29, 0.717) is 5.56 Å². The minimum atomic E-state index is -0.342. The summed E-state index contributed by atoms with van der Waals surface area (Å²) >= 11 is 0. The SMILES string of the molecule is Cl.NC1(c2ccccc2F)CC1. The number of benzene rings is 1. The molecule has 0 aliphatic heterocycles. The van der Waals surface area contributed by atoms with Gasteiger partial charge in [-0.15, -0.1) is 12.4 Å². The first-order valence-electron chi connectivity index (χ1n) is 3.76. The fourth-order valence-corrected chi connectivity index (χ4v) is 1.27. The zero-order valence-corrected chi connectivity index (χ0v) is 7.40. The van der Waals surface area contributed by atoms with Gasteiger partial charge in [-0.3, -0.25) is 0 Å². The summed E-state index contributed by atoms with van der Waals surface area (Å²) in [4.78, 5) is 0. The zero-order valence-electron chi connectivity index (χ0n) is 6.59. The Hall–Kier alpha value is -0.600. The Bertz CT molecular complexity index is 284. The van der Waals surface area contributed by atoms with Crippen LogP contribution in [0.1, 0.15) is 18.4 Å². The van der Waals surface area contributed by atoms with Crippen molar-refractivity contribution < 1.29 is 4.39 Å². The predicted molar refractivity (Wildman–Crippen MR) is 48.7 cm³/mol. The molecule has 2 rings (SSSR count). The van der Waals surface area contributed by atoms with E-state index in [0.717, 1.165) is 12.8 Å². The third-order valence-corrected chi connectivity index (χ3v) is 2.20. The van der Waals surface area contributed by atoms with Gasteiger partial charge in [-0.25, -0.2) is 4.39 Å². The fourth-order valence-electron chi connectivity index (χ4n) is 1.27. The summed E-state index contributed by atoms with van der Waals surface area (Å²) in [6.45, 7) is 0. The molecule has 0 spiro atoms. The second kappa shape index (κ2) is 3.04. The quantitative estimate of drug-likeness (QED) is 0.717. The molecule has 1 aliphatic carbocycles. The molecule has 1 aromatic rings. The number of nitrogens with two attached hydrogens (primary N) is 1. The first kappa shape index (κ1) is 9.49. The molecule has 0 aromatic heterocycles. The molecule has 1 aromatic carbocycles. The van der Waals surface area contributed by atoms with Gasteiger partial charge in [0.2, 0.25) is 0 Å². The van der Waals surface area contributed by atoms with E-state index >= 15 is 0 Å². The Balaban J connectivity index is 0.000000720. The highest BCUT2D eigenvalue weighted by atomic mass is 35.5. The molecule has 0 bridgehead atoms. The van der Waals surface area contributed by atoms with Crippen molar-refractivity contribution in [1.82, 2.24) is 0 Å². The minimum Gasteiger partial charge on any atom is -0.321 e. The van der Waals surface area contributed by atoms with Gasteiger partial charge in [-0.1, -0.05) is 18.2 Å². The van der Waals surface area contributed by atoms with Crippen LogP contribution in [0.5, 0.6) is 0 Å². The van der Waals surface area contributed by atoms with Gasteiger partial charge in [0.25, 0.3) is 0 Å². The third-order valence-electron chi connectivity index (χ3n) is 2.20. The predicted octanol–water partition coefficient (Wildman–Crippen LogP) is 2.20. The summed E-state index contributed by atoms with van der Waals surface area (Å²) in [6.07, 6.45) is 1.82. The van der Waals surface area contributed by atoms with Gasteiger partial charge < -0.3 is 5.73 Å². The Labute approximate surface area is 77.2 Å². The molecule has 1 aliphatic rings. The number of halogens is 2. The lowest BCUT2D eigenvalue weighted by atomic mass is 10.1. The van der Waals surface area contributed by atoms with Gasteiger partial charge in [-0.05, 0) is 18.9 Å². The van der Waals surface area contributed by atoms with E-state index in [1.807, 2.05) is 6.07 Å². The maximum Gasteiger partial charge on any atom is 0.128 e. The van der Waals surface area contributed by atoms with Gasteiger partial charge in [-0.2, -0.15) is 0 Å². The van der Waals surface area contributed by atoms with Crippen molar-refractivity contribution in [2.45, 2.75) is 18.4 Å². The highest BCUT2D eigenvalue weighted by Crippen LogP contribution is 2.43. The van der Waals surface area contributed by atoms with Crippen molar-refractivity contribution in [3.63, 3.8) is 0 Å². The fraction of sp³-hybridized carbons (Fsp3) is 0.333. The van der Waals surface area contributed by atoms with Crippen LogP contribution < -0.4 is 5.73 Å². The summed E-state index contributed by atoms with van der Waals surface area (Å²) in [5.74, 6) is -0.174. The summed E-state index contributed by atoms with van der Waals surface area (Å²) < 4.78 is 13.0. The normalized spacial score (nSPS) is 18.2. The van der Waals surface area contributed by atoms with Crippen LogP contribution in [0.4, 0.5) is 4.39 Å². The highest BCUT2D eigenvalue weighted by molar-refractivity contribution is 5.85. The van der Waals surface area contributed by atoms with Gasteiger partial charge in [0, 0.05) is 11.1 Å².